The first-order valence-electron chi connectivity index (χ1n) is 5.47. The average Bonchev–Trinajstić information content (AvgIpc) is 2.87. The summed E-state index contributed by atoms with van der Waals surface area (Å²) >= 11 is 1.45. The van der Waals surface area contributed by atoms with Crippen LogP contribution >= 0.6 is 11.3 Å². The first-order chi connectivity index (χ1) is 9.52. The summed E-state index contributed by atoms with van der Waals surface area (Å²) in [6, 6.07) is 3.74. The molecular formula is C11H9N5O3S. The van der Waals surface area contributed by atoms with Gasteiger partial charge in [-0.25, -0.2) is 4.98 Å². The van der Waals surface area contributed by atoms with E-state index in [1.54, 1.807) is 6.07 Å². The number of nitrogens with one attached hydrogen (secondary N) is 1. The van der Waals surface area contributed by atoms with E-state index in [4.69, 9.17) is 5.73 Å². The van der Waals surface area contributed by atoms with Crippen molar-refractivity contribution in [3.8, 4) is 6.07 Å². The van der Waals surface area contributed by atoms with Crippen LogP contribution in [0.5, 0.6) is 0 Å². The van der Waals surface area contributed by atoms with Crippen LogP contribution in [-0.4, -0.2) is 14.9 Å². The third-order valence-corrected chi connectivity index (χ3v) is 3.36. The fraction of sp³-hybridized carbons (Fsp3) is 0.182. The van der Waals surface area contributed by atoms with Crippen LogP contribution in [0.1, 0.15) is 17.2 Å². The van der Waals surface area contributed by atoms with Crippen LogP contribution in [0.25, 0.3) is 0 Å². The molecule has 0 saturated heterocycles. The van der Waals surface area contributed by atoms with E-state index in [1.165, 1.54) is 11.3 Å². The molecule has 1 unspecified atom stereocenters. The molecule has 2 aromatic rings. The Balaban J connectivity index is 2.52. The minimum Gasteiger partial charge on any atom is -0.369 e. The lowest BCUT2D eigenvalue weighted by Crippen LogP contribution is -2.20. The van der Waals surface area contributed by atoms with Gasteiger partial charge in [-0.1, -0.05) is 0 Å². The Labute approximate surface area is 116 Å². The highest BCUT2D eigenvalue weighted by atomic mass is 32.1. The predicted molar refractivity (Wildman–Crippen MR) is 72.3 cm³/mol. The van der Waals surface area contributed by atoms with Crippen LogP contribution in [0.15, 0.2) is 21.6 Å². The number of hydrogen-bond donors (Lipinski definition) is 2. The second-order valence-electron chi connectivity index (χ2n) is 3.96. The zero-order valence-corrected chi connectivity index (χ0v) is 10.9. The van der Waals surface area contributed by atoms with E-state index in [1.807, 2.05) is 16.8 Å². The highest BCUT2D eigenvalue weighted by Crippen LogP contribution is 2.25. The number of nitrogen functional groups attached to an aromatic ring is 1. The highest BCUT2D eigenvalue weighted by molar-refractivity contribution is 7.07. The van der Waals surface area contributed by atoms with Gasteiger partial charge in [0.25, 0.3) is 0 Å². The molecule has 2 rings (SSSR count). The molecule has 3 N–H and O–H groups in total. The molecule has 0 saturated carbocycles. The van der Waals surface area contributed by atoms with Crippen molar-refractivity contribution < 1.29 is 4.92 Å². The summed E-state index contributed by atoms with van der Waals surface area (Å²) in [5, 5.41) is 23.8. The van der Waals surface area contributed by atoms with Gasteiger partial charge >= 0.3 is 11.2 Å². The molecule has 20 heavy (non-hydrogen) atoms. The van der Waals surface area contributed by atoms with Gasteiger partial charge in [-0.05, 0) is 28.8 Å². The van der Waals surface area contributed by atoms with Crippen LogP contribution in [0.3, 0.4) is 0 Å². The van der Waals surface area contributed by atoms with E-state index < -0.39 is 22.1 Å². The second kappa shape index (κ2) is 5.50. The highest BCUT2D eigenvalue weighted by Gasteiger charge is 2.28. The van der Waals surface area contributed by atoms with Crippen molar-refractivity contribution in [3.63, 3.8) is 0 Å². The molecular weight excluding hydrogens is 282 g/mol. The van der Waals surface area contributed by atoms with Gasteiger partial charge in [-0.3, -0.25) is 19.9 Å². The van der Waals surface area contributed by atoms with Gasteiger partial charge < -0.3 is 5.73 Å². The van der Waals surface area contributed by atoms with Crippen molar-refractivity contribution >= 4 is 23.0 Å². The Morgan fingerprint density at radius 1 is 1.65 bits per heavy atom. The molecule has 0 aromatic carbocycles. The third kappa shape index (κ3) is 2.65. The molecule has 0 bridgehead atoms. The van der Waals surface area contributed by atoms with E-state index in [2.05, 4.69) is 9.97 Å². The average molecular weight is 291 g/mol. The lowest BCUT2D eigenvalue weighted by atomic mass is 9.98. The number of nitrogens with two attached hydrogens (primary N) is 1. The Morgan fingerprint density at radius 2 is 2.40 bits per heavy atom. The summed E-state index contributed by atoms with van der Waals surface area (Å²) in [5.41, 5.74) is 4.35. The number of nitro groups is 1. The first kappa shape index (κ1) is 13.7. The maximum absolute atomic E-state index is 11.6. The van der Waals surface area contributed by atoms with Gasteiger partial charge in [-0.15, -0.1) is 0 Å². The molecule has 1 atom stereocenters. The summed E-state index contributed by atoms with van der Waals surface area (Å²) in [6.07, 6.45) is 0.233. The number of rotatable bonds is 4. The van der Waals surface area contributed by atoms with Gasteiger partial charge in [0.2, 0.25) is 5.95 Å². The fourth-order valence-electron chi connectivity index (χ4n) is 1.77. The molecule has 0 aliphatic carbocycles. The van der Waals surface area contributed by atoms with Crippen molar-refractivity contribution in [2.75, 3.05) is 5.73 Å². The maximum atomic E-state index is 11.6. The SMILES string of the molecule is N#CC(Cc1ccsc1)c1nc(N)[nH]c(=O)c1[N+](=O)[O-]. The van der Waals surface area contributed by atoms with Crippen molar-refractivity contribution in [2.45, 2.75) is 12.3 Å². The van der Waals surface area contributed by atoms with E-state index in [0.29, 0.717) is 0 Å². The van der Waals surface area contributed by atoms with Gasteiger partial charge in [0.05, 0.1) is 16.9 Å². The van der Waals surface area contributed by atoms with E-state index in [-0.39, 0.29) is 18.1 Å². The first-order valence-corrected chi connectivity index (χ1v) is 6.42. The quantitative estimate of drug-likeness (QED) is 0.640. The van der Waals surface area contributed by atoms with Crippen molar-refractivity contribution in [1.29, 1.82) is 5.26 Å². The van der Waals surface area contributed by atoms with E-state index >= 15 is 0 Å². The normalized spacial score (nSPS) is 11.8. The number of nitrogens with zero attached hydrogens (tertiary/aromatic N) is 3. The Morgan fingerprint density at radius 3 is 2.95 bits per heavy atom. The molecule has 102 valence electrons. The molecule has 8 nitrogen and oxygen atoms in total. The van der Waals surface area contributed by atoms with Crippen LogP contribution in [0.2, 0.25) is 0 Å². The van der Waals surface area contributed by atoms with Crippen LogP contribution < -0.4 is 11.3 Å². The standard InChI is InChI=1S/C11H9N5O3S/c12-4-7(3-6-1-2-20-5-6)8-9(16(18)19)10(17)15-11(13)14-8/h1-2,5,7H,3H2,(H3,13,14,15,17). The lowest BCUT2D eigenvalue weighted by Gasteiger charge is -2.08. The molecule has 0 fully saturated rings. The zero-order valence-electron chi connectivity index (χ0n) is 10.1. The zero-order chi connectivity index (χ0) is 14.7. The monoisotopic (exact) mass is 291 g/mol. The molecule has 0 spiro atoms. The molecule has 2 heterocycles. The molecule has 2 aromatic heterocycles. The maximum Gasteiger partial charge on any atom is 0.356 e. The van der Waals surface area contributed by atoms with E-state index in [0.717, 1.165) is 5.56 Å². The Hall–Kier alpha value is -2.73. The number of thiophene rings is 1. The summed E-state index contributed by atoms with van der Waals surface area (Å²) < 4.78 is 0. The number of hydrogen-bond acceptors (Lipinski definition) is 7. The summed E-state index contributed by atoms with van der Waals surface area (Å²) in [4.78, 5) is 27.6. The number of anilines is 1. The van der Waals surface area contributed by atoms with Crippen LogP contribution in [0.4, 0.5) is 11.6 Å². The van der Waals surface area contributed by atoms with Gasteiger partial charge in [-0.2, -0.15) is 16.6 Å². The van der Waals surface area contributed by atoms with Crippen LogP contribution in [-0.2, 0) is 6.42 Å². The predicted octanol–water partition coefficient (Wildman–Crippen LogP) is 1.17. The molecule has 0 radical (unpaired) electrons. The van der Waals surface area contributed by atoms with Gasteiger partial charge in [0, 0.05) is 0 Å². The molecule has 0 aliphatic rings. The van der Waals surface area contributed by atoms with Crippen molar-refractivity contribution in [2.24, 2.45) is 0 Å². The number of aromatic nitrogens is 2. The van der Waals surface area contributed by atoms with Crippen LogP contribution in [0, 0.1) is 21.4 Å². The number of H-pyrrole nitrogens is 1. The summed E-state index contributed by atoms with van der Waals surface area (Å²) in [5.74, 6) is -1.16. The molecule has 0 amide bonds. The topological polar surface area (TPSA) is 139 Å². The van der Waals surface area contributed by atoms with Gasteiger partial charge in [0.1, 0.15) is 5.69 Å². The largest absolute Gasteiger partial charge is 0.369 e. The summed E-state index contributed by atoms with van der Waals surface area (Å²) in [7, 11) is 0. The van der Waals surface area contributed by atoms with Gasteiger partial charge in [0.15, 0.2) is 0 Å². The number of nitriles is 1. The minimum atomic E-state index is -0.955. The number of aromatic amines is 1. The summed E-state index contributed by atoms with van der Waals surface area (Å²) in [6.45, 7) is 0. The second-order valence-corrected chi connectivity index (χ2v) is 4.74. The Bertz CT molecular complexity index is 732. The van der Waals surface area contributed by atoms with Crippen molar-refractivity contribution in [3.05, 3.63) is 48.6 Å². The Kier molecular flexibility index (Phi) is 3.76. The van der Waals surface area contributed by atoms with E-state index in [9.17, 15) is 20.2 Å². The fourth-order valence-corrected chi connectivity index (χ4v) is 2.45. The smallest absolute Gasteiger partial charge is 0.356 e. The minimum absolute atomic E-state index is 0.204. The molecule has 9 heteroatoms. The van der Waals surface area contributed by atoms with Crippen molar-refractivity contribution in [1.82, 2.24) is 9.97 Å². The third-order valence-electron chi connectivity index (χ3n) is 2.63. The lowest BCUT2D eigenvalue weighted by molar-refractivity contribution is -0.387. The molecule has 0 aliphatic heterocycles.